The summed E-state index contributed by atoms with van der Waals surface area (Å²) in [6.07, 6.45) is 4.50. The third-order valence-electron chi connectivity index (χ3n) is 3.59. The van der Waals surface area contributed by atoms with E-state index < -0.39 is 12.0 Å². The van der Waals surface area contributed by atoms with E-state index in [0.717, 1.165) is 19.3 Å². The van der Waals surface area contributed by atoms with Crippen LogP contribution in [0.25, 0.3) is 0 Å². The van der Waals surface area contributed by atoms with E-state index in [4.69, 9.17) is 5.11 Å². The summed E-state index contributed by atoms with van der Waals surface area (Å²) in [6.45, 7) is 3.62. The van der Waals surface area contributed by atoms with Crippen molar-refractivity contribution in [1.29, 1.82) is 0 Å². The molecule has 0 saturated heterocycles. The number of hydrogen-bond donors (Lipinski definition) is 2. The Morgan fingerprint density at radius 2 is 1.94 bits per heavy atom. The second-order valence-electron chi connectivity index (χ2n) is 4.95. The van der Waals surface area contributed by atoms with Crippen LogP contribution in [-0.4, -0.2) is 41.1 Å². The molecule has 1 aliphatic carbocycles. The van der Waals surface area contributed by atoms with Gasteiger partial charge in [-0.25, -0.2) is 4.79 Å². The van der Waals surface area contributed by atoms with Crippen molar-refractivity contribution in [1.82, 2.24) is 10.2 Å². The maximum atomic E-state index is 11.9. The number of hydrogen-bond acceptors (Lipinski definition) is 2. The highest BCUT2D eigenvalue weighted by atomic mass is 16.4. The lowest BCUT2D eigenvalue weighted by atomic mass is 9.85. The van der Waals surface area contributed by atoms with E-state index in [-0.39, 0.29) is 12.1 Å². The van der Waals surface area contributed by atoms with Gasteiger partial charge in [-0.05, 0) is 25.7 Å². The Balaban J connectivity index is 2.53. The molecule has 5 heteroatoms. The average Bonchev–Trinajstić information content (AvgIpc) is 2.28. The molecule has 1 fully saturated rings. The highest BCUT2D eigenvalue weighted by Crippen LogP contribution is 2.27. The predicted octanol–water partition coefficient (Wildman–Crippen LogP) is 1.68. The third kappa shape index (κ3) is 3.61. The minimum absolute atomic E-state index is 0.227. The predicted molar refractivity (Wildman–Crippen MR) is 64.8 cm³/mol. The summed E-state index contributed by atoms with van der Waals surface area (Å²) in [4.78, 5) is 24.2. The second kappa shape index (κ2) is 5.89. The van der Waals surface area contributed by atoms with Crippen LogP contribution in [0.15, 0.2) is 0 Å². The van der Waals surface area contributed by atoms with Gasteiger partial charge in [0, 0.05) is 13.1 Å². The first-order valence-electron chi connectivity index (χ1n) is 6.19. The number of urea groups is 1. The van der Waals surface area contributed by atoms with E-state index in [1.54, 1.807) is 11.9 Å². The summed E-state index contributed by atoms with van der Waals surface area (Å²) in [6, 6.07) is -0.910. The van der Waals surface area contributed by atoms with E-state index in [2.05, 4.69) is 12.2 Å². The van der Waals surface area contributed by atoms with Crippen LogP contribution >= 0.6 is 0 Å². The summed E-state index contributed by atoms with van der Waals surface area (Å²) in [5.41, 5.74) is 0. The summed E-state index contributed by atoms with van der Waals surface area (Å²) >= 11 is 0. The van der Waals surface area contributed by atoms with Crippen LogP contribution in [-0.2, 0) is 4.79 Å². The molecule has 0 bridgehead atoms. The fourth-order valence-electron chi connectivity index (χ4n) is 2.37. The lowest BCUT2D eigenvalue weighted by Gasteiger charge is -2.36. The van der Waals surface area contributed by atoms with Crippen LogP contribution in [0.1, 0.15) is 39.5 Å². The first-order valence-corrected chi connectivity index (χ1v) is 6.19. The molecule has 17 heavy (non-hydrogen) atoms. The van der Waals surface area contributed by atoms with E-state index in [1.807, 2.05) is 0 Å². The molecule has 0 aliphatic heterocycles. The Morgan fingerprint density at radius 3 is 2.47 bits per heavy atom. The number of nitrogens with one attached hydrogen (secondary N) is 1. The van der Waals surface area contributed by atoms with Gasteiger partial charge in [-0.3, -0.25) is 4.79 Å². The molecule has 0 aromatic carbocycles. The Hall–Kier alpha value is -1.26. The van der Waals surface area contributed by atoms with Crippen LogP contribution < -0.4 is 5.32 Å². The van der Waals surface area contributed by atoms with E-state index >= 15 is 0 Å². The minimum atomic E-state index is -1.01. The number of amides is 2. The average molecular weight is 242 g/mol. The van der Waals surface area contributed by atoms with Gasteiger partial charge in [0.05, 0.1) is 0 Å². The van der Waals surface area contributed by atoms with E-state index in [9.17, 15) is 9.59 Å². The fourth-order valence-corrected chi connectivity index (χ4v) is 2.37. The van der Waals surface area contributed by atoms with E-state index in [0.29, 0.717) is 5.92 Å². The van der Waals surface area contributed by atoms with Gasteiger partial charge in [0.2, 0.25) is 0 Å². The molecule has 0 aromatic rings. The molecule has 3 unspecified atom stereocenters. The number of carbonyl (C=O) groups excluding carboxylic acids is 1. The number of nitrogens with zero attached hydrogens (tertiary/aromatic N) is 1. The molecule has 5 nitrogen and oxygen atoms in total. The molecule has 3 atom stereocenters. The van der Waals surface area contributed by atoms with Gasteiger partial charge in [0.15, 0.2) is 0 Å². The lowest BCUT2D eigenvalue weighted by Crippen LogP contribution is -2.51. The molecule has 1 saturated carbocycles. The van der Waals surface area contributed by atoms with Gasteiger partial charge in [0.1, 0.15) is 6.04 Å². The molecule has 0 radical (unpaired) electrons. The van der Waals surface area contributed by atoms with Crippen molar-refractivity contribution >= 4 is 12.0 Å². The zero-order chi connectivity index (χ0) is 13.0. The molecule has 1 rings (SSSR count). The van der Waals surface area contributed by atoms with Crippen molar-refractivity contribution in [2.24, 2.45) is 5.92 Å². The van der Waals surface area contributed by atoms with Gasteiger partial charge in [-0.1, -0.05) is 19.8 Å². The van der Waals surface area contributed by atoms with Gasteiger partial charge in [-0.2, -0.15) is 0 Å². The molecule has 0 spiro atoms. The molecule has 1 aliphatic rings. The van der Waals surface area contributed by atoms with Crippen LogP contribution in [0.3, 0.4) is 0 Å². The molecular weight excluding hydrogens is 220 g/mol. The fraction of sp³-hybridized carbons (Fsp3) is 0.833. The summed E-state index contributed by atoms with van der Waals surface area (Å²) in [5.74, 6) is -0.525. The van der Waals surface area contributed by atoms with Crippen LogP contribution in [0.5, 0.6) is 0 Å². The molecule has 2 N–H and O–H groups in total. The normalized spacial score (nSPS) is 26.1. The Kier molecular flexibility index (Phi) is 4.78. The maximum Gasteiger partial charge on any atom is 0.325 e. The van der Waals surface area contributed by atoms with Crippen molar-refractivity contribution < 1.29 is 14.7 Å². The zero-order valence-corrected chi connectivity index (χ0v) is 10.8. The number of aliphatic carboxylic acids is 1. The topological polar surface area (TPSA) is 69.6 Å². The smallest absolute Gasteiger partial charge is 0.325 e. The second-order valence-corrected chi connectivity index (χ2v) is 4.95. The minimum Gasteiger partial charge on any atom is -0.480 e. The van der Waals surface area contributed by atoms with Crippen LogP contribution in [0.2, 0.25) is 0 Å². The highest BCUT2D eigenvalue weighted by Gasteiger charge is 2.28. The number of carbonyl (C=O) groups is 2. The van der Waals surface area contributed by atoms with Crippen LogP contribution in [0, 0.1) is 5.92 Å². The maximum absolute atomic E-state index is 11.9. The quantitative estimate of drug-likeness (QED) is 0.791. The summed E-state index contributed by atoms with van der Waals surface area (Å²) < 4.78 is 0. The number of carboxylic acid groups (broad SMARTS) is 1. The molecule has 2 amide bonds. The number of rotatable bonds is 3. The van der Waals surface area contributed by atoms with E-state index in [1.165, 1.54) is 13.3 Å². The molecule has 0 aromatic heterocycles. The van der Waals surface area contributed by atoms with Crippen molar-refractivity contribution in [3.63, 3.8) is 0 Å². The standard InChI is InChI=1S/C12H22N2O3/c1-8-6-4-5-7-10(8)14(3)12(17)13-9(2)11(15)16/h8-10H,4-7H2,1-3H3,(H,13,17)(H,15,16). The monoisotopic (exact) mass is 242 g/mol. The molecular formula is C12H22N2O3. The largest absolute Gasteiger partial charge is 0.480 e. The molecule has 98 valence electrons. The SMILES string of the molecule is CC(NC(=O)N(C)C1CCCCC1C)C(=O)O. The Labute approximate surface area is 102 Å². The Morgan fingerprint density at radius 1 is 1.35 bits per heavy atom. The third-order valence-corrected chi connectivity index (χ3v) is 3.59. The van der Waals surface area contributed by atoms with Crippen molar-refractivity contribution in [3.05, 3.63) is 0 Å². The van der Waals surface area contributed by atoms with Crippen molar-refractivity contribution in [2.75, 3.05) is 7.05 Å². The summed E-state index contributed by atoms with van der Waals surface area (Å²) in [5, 5.41) is 11.2. The van der Waals surface area contributed by atoms with Gasteiger partial charge in [-0.15, -0.1) is 0 Å². The molecule has 0 heterocycles. The van der Waals surface area contributed by atoms with Crippen molar-refractivity contribution in [2.45, 2.75) is 51.6 Å². The number of carboxylic acids is 1. The van der Waals surface area contributed by atoms with Gasteiger partial charge < -0.3 is 15.3 Å². The van der Waals surface area contributed by atoms with Crippen LogP contribution in [0.4, 0.5) is 4.79 Å². The zero-order valence-electron chi connectivity index (χ0n) is 10.8. The van der Waals surface area contributed by atoms with Gasteiger partial charge >= 0.3 is 12.0 Å². The lowest BCUT2D eigenvalue weighted by molar-refractivity contribution is -0.138. The van der Waals surface area contributed by atoms with Crippen molar-refractivity contribution in [3.8, 4) is 0 Å². The first-order chi connectivity index (χ1) is 7.93. The first kappa shape index (κ1) is 13.8. The Bertz CT molecular complexity index is 293. The highest BCUT2D eigenvalue weighted by molar-refractivity contribution is 5.82. The van der Waals surface area contributed by atoms with Gasteiger partial charge in [0.25, 0.3) is 0 Å². The summed E-state index contributed by atoms with van der Waals surface area (Å²) in [7, 11) is 1.75.